The van der Waals surface area contributed by atoms with Crippen LogP contribution < -0.4 is 5.32 Å². The normalized spacial score (nSPS) is 14.6. The molecule has 0 unspecified atom stereocenters. The molecule has 2 heterocycles. The van der Waals surface area contributed by atoms with Gasteiger partial charge >= 0.3 is 0 Å². The number of aromatic nitrogens is 1. The summed E-state index contributed by atoms with van der Waals surface area (Å²) in [6.07, 6.45) is 2.42. The van der Waals surface area contributed by atoms with Crippen molar-refractivity contribution in [2.24, 2.45) is 0 Å². The zero-order chi connectivity index (χ0) is 17.1. The minimum Gasteiger partial charge on any atom is -0.441 e. The van der Waals surface area contributed by atoms with Crippen LogP contribution in [-0.2, 0) is 16.0 Å². The van der Waals surface area contributed by atoms with Gasteiger partial charge in [0, 0.05) is 31.5 Å². The standard InChI is InChI=1S/C18H21N3O3/c1-12-3-4-14(9-13(12)2)15-10-20-17(24-15)5-6-18(23)21-8-7-19-16(22)11-21/h3-4,9-10H,5-8,11H2,1-2H3,(H,19,22). The first-order chi connectivity index (χ1) is 11.5. The Kier molecular flexibility index (Phi) is 4.64. The van der Waals surface area contributed by atoms with Gasteiger partial charge < -0.3 is 14.6 Å². The molecule has 6 heteroatoms. The first kappa shape index (κ1) is 16.2. The van der Waals surface area contributed by atoms with E-state index in [0.717, 1.165) is 5.56 Å². The van der Waals surface area contributed by atoms with Gasteiger partial charge in [0.1, 0.15) is 0 Å². The van der Waals surface area contributed by atoms with Crippen molar-refractivity contribution in [3.05, 3.63) is 41.4 Å². The van der Waals surface area contributed by atoms with E-state index >= 15 is 0 Å². The second-order valence-corrected chi connectivity index (χ2v) is 6.08. The van der Waals surface area contributed by atoms with Gasteiger partial charge in [-0.05, 0) is 31.0 Å². The van der Waals surface area contributed by atoms with E-state index in [1.165, 1.54) is 11.1 Å². The summed E-state index contributed by atoms with van der Waals surface area (Å²) in [6, 6.07) is 6.12. The van der Waals surface area contributed by atoms with Crippen molar-refractivity contribution in [3.8, 4) is 11.3 Å². The van der Waals surface area contributed by atoms with Crippen LogP contribution in [0.1, 0.15) is 23.4 Å². The van der Waals surface area contributed by atoms with Gasteiger partial charge in [0.2, 0.25) is 11.8 Å². The molecule has 6 nitrogen and oxygen atoms in total. The molecular weight excluding hydrogens is 306 g/mol. The predicted molar refractivity (Wildman–Crippen MR) is 89.3 cm³/mol. The van der Waals surface area contributed by atoms with Gasteiger partial charge in [-0.3, -0.25) is 9.59 Å². The third-order valence-corrected chi connectivity index (χ3v) is 4.29. The highest BCUT2D eigenvalue weighted by atomic mass is 16.4. The number of hydrogen-bond acceptors (Lipinski definition) is 4. The van der Waals surface area contributed by atoms with Crippen LogP contribution in [0.25, 0.3) is 11.3 Å². The number of amides is 2. The molecule has 0 saturated carbocycles. The van der Waals surface area contributed by atoms with Gasteiger partial charge in [0.05, 0.1) is 12.7 Å². The first-order valence-corrected chi connectivity index (χ1v) is 8.10. The molecule has 24 heavy (non-hydrogen) atoms. The molecule has 0 radical (unpaired) electrons. The zero-order valence-electron chi connectivity index (χ0n) is 14.0. The number of aryl methyl sites for hydroxylation is 3. The summed E-state index contributed by atoms with van der Waals surface area (Å²) >= 11 is 0. The van der Waals surface area contributed by atoms with Crippen LogP contribution in [0.5, 0.6) is 0 Å². The van der Waals surface area contributed by atoms with Crippen molar-refractivity contribution >= 4 is 11.8 Å². The van der Waals surface area contributed by atoms with E-state index in [0.29, 0.717) is 37.6 Å². The highest BCUT2D eigenvalue weighted by Gasteiger charge is 2.21. The largest absolute Gasteiger partial charge is 0.441 e. The fraction of sp³-hybridized carbons (Fsp3) is 0.389. The molecule has 0 spiro atoms. The Balaban J connectivity index is 1.60. The van der Waals surface area contributed by atoms with Gasteiger partial charge in [-0.25, -0.2) is 4.98 Å². The molecule has 126 valence electrons. The van der Waals surface area contributed by atoms with Crippen molar-refractivity contribution in [1.82, 2.24) is 15.2 Å². The lowest BCUT2D eigenvalue weighted by atomic mass is 10.1. The Labute approximate surface area is 140 Å². The minimum atomic E-state index is -0.109. The van der Waals surface area contributed by atoms with E-state index < -0.39 is 0 Å². The summed E-state index contributed by atoms with van der Waals surface area (Å²) in [6.45, 7) is 5.34. The number of piperazine rings is 1. The van der Waals surface area contributed by atoms with Crippen LogP contribution in [0.4, 0.5) is 0 Å². The summed E-state index contributed by atoms with van der Waals surface area (Å²) in [5.74, 6) is 1.09. The van der Waals surface area contributed by atoms with Crippen molar-refractivity contribution in [2.75, 3.05) is 19.6 Å². The highest BCUT2D eigenvalue weighted by molar-refractivity contribution is 5.85. The number of rotatable bonds is 4. The summed E-state index contributed by atoms with van der Waals surface area (Å²) in [4.78, 5) is 29.3. The average Bonchev–Trinajstić information content (AvgIpc) is 3.04. The summed E-state index contributed by atoms with van der Waals surface area (Å²) < 4.78 is 5.76. The number of nitrogens with zero attached hydrogens (tertiary/aromatic N) is 2. The smallest absolute Gasteiger partial charge is 0.239 e. The first-order valence-electron chi connectivity index (χ1n) is 8.10. The topological polar surface area (TPSA) is 75.4 Å². The van der Waals surface area contributed by atoms with Crippen LogP contribution in [0.3, 0.4) is 0 Å². The number of oxazole rings is 1. The molecular formula is C18H21N3O3. The Morgan fingerprint density at radius 2 is 2.17 bits per heavy atom. The number of hydrogen-bond donors (Lipinski definition) is 1. The summed E-state index contributed by atoms with van der Waals surface area (Å²) in [5.41, 5.74) is 3.41. The Bertz CT molecular complexity index is 767. The van der Waals surface area contributed by atoms with Crippen LogP contribution in [0.15, 0.2) is 28.8 Å². The van der Waals surface area contributed by atoms with Crippen LogP contribution in [0.2, 0.25) is 0 Å². The average molecular weight is 327 g/mol. The second-order valence-electron chi connectivity index (χ2n) is 6.08. The number of nitrogens with one attached hydrogen (secondary N) is 1. The van der Waals surface area contributed by atoms with E-state index in [2.05, 4.69) is 36.3 Å². The van der Waals surface area contributed by atoms with Crippen LogP contribution in [-0.4, -0.2) is 41.3 Å². The van der Waals surface area contributed by atoms with Crippen molar-refractivity contribution in [3.63, 3.8) is 0 Å². The van der Waals surface area contributed by atoms with E-state index in [1.807, 2.05) is 6.07 Å². The molecule has 1 saturated heterocycles. The second kappa shape index (κ2) is 6.86. The Hall–Kier alpha value is -2.63. The maximum Gasteiger partial charge on any atom is 0.239 e. The molecule has 1 fully saturated rings. The van der Waals surface area contributed by atoms with Crippen molar-refractivity contribution in [1.29, 1.82) is 0 Å². The molecule has 2 aromatic rings. The monoisotopic (exact) mass is 327 g/mol. The molecule has 1 aromatic carbocycles. The third-order valence-electron chi connectivity index (χ3n) is 4.29. The van der Waals surface area contributed by atoms with E-state index in [-0.39, 0.29) is 18.4 Å². The quantitative estimate of drug-likeness (QED) is 0.930. The Morgan fingerprint density at radius 1 is 1.33 bits per heavy atom. The minimum absolute atomic E-state index is 0.0456. The predicted octanol–water partition coefficient (Wildman–Crippen LogP) is 1.85. The van der Waals surface area contributed by atoms with Gasteiger partial charge in [-0.15, -0.1) is 0 Å². The maximum atomic E-state index is 12.2. The van der Waals surface area contributed by atoms with Crippen LogP contribution >= 0.6 is 0 Å². The van der Waals surface area contributed by atoms with Gasteiger partial charge in [0.15, 0.2) is 11.7 Å². The molecule has 0 atom stereocenters. The number of carbonyl (C=O) groups excluding carboxylic acids is 2. The maximum absolute atomic E-state index is 12.2. The number of benzene rings is 1. The third kappa shape index (κ3) is 3.64. The molecule has 2 amide bonds. The highest BCUT2D eigenvalue weighted by Crippen LogP contribution is 2.23. The molecule has 1 N–H and O–H groups in total. The molecule has 1 aliphatic rings. The van der Waals surface area contributed by atoms with Gasteiger partial charge in [-0.2, -0.15) is 0 Å². The fourth-order valence-electron chi connectivity index (χ4n) is 2.68. The van der Waals surface area contributed by atoms with Gasteiger partial charge in [0.25, 0.3) is 0 Å². The molecule has 0 bridgehead atoms. The molecule has 3 rings (SSSR count). The number of carbonyl (C=O) groups is 2. The zero-order valence-corrected chi connectivity index (χ0v) is 14.0. The van der Waals surface area contributed by atoms with E-state index in [9.17, 15) is 9.59 Å². The Morgan fingerprint density at radius 3 is 2.92 bits per heavy atom. The lowest BCUT2D eigenvalue weighted by Crippen LogP contribution is -2.50. The molecule has 1 aliphatic heterocycles. The van der Waals surface area contributed by atoms with Crippen molar-refractivity contribution in [2.45, 2.75) is 26.7 Å². The van der Waals surface area contributed by atoms with Gasteiger partial charge in [-0.1, -0.05) is 12.1 Å². The van der Waals surface area contributed by atoms with E-state index in [1.54, 1.807) is 11.1 Å². The lowest BCUT2D eigenvalue weighted by Gasteiger charge is -2.26. The SMILES string of the molecule is Cc1ccc(-c2cnc(CCC(=O)N3CCNC(=O)C3)o2)cc1C. The van der Waals surface area contributed by atoms with E-state index in [4.69, 9.17) is 4.42 Å². The van der Waals surface area contributed by atoms with Crippen molar-refractivity contribution < 1.29 is 14.0 Å². The van der Waals surface area contributed by atoms with Crippen LogP contribution in [0, 0.1) is 13.8 Å². The molecule has 0 aliphatic carbocycles. The summed E-state index contributed by atoms with van der Waals surface area (Å²) in [5, 5.41) is 2.71. The lowest BCUT2D eigenvalue weighted by molar-refractivity contribution is -0.138. The fourth-order valence-corrected chi connectivity index (χ4v) is 2.68. The molecule has 1 aromatic heterocycles. The summed E-state index contributed by atoms with van der Waals surface area (Å²) in [7, 11) is 0.